The number of fused-ring (bicyclic) bond motifs is 1. The van der Waals surface area contributed by atoms with Crippen molar-refractivity contribution in [1.82, 2.24) is 4.90 Å². The van der Waals surface area contributed by atoms with E-state index in [0.29, 0.717) is 24.5 Å². The fourth-order valence-corrected chi connectivity index (χ4v) is 4.22. The minimum atomic E-state index is -0.0399. The first kappa shape index (κ1) is 15.1. The van der Waals surface area contributed by atoms with Gasteiger partial charge in [-0.05, 0) is 56.5 Å². The number of likely N-dealkylation sites (tertiary alicyclic amines) is 1. The van der Waals surface area contributed by atoms with Crippen molar-refractivity contribution in [2.24, 2.45) is 23.2 Å². The van der Waals surface area contributed by atoms with Gasteiger partial charge in [-0.15, -0.1) is 0 Å². The average Bonchev–Trinajstić information content (AvgIpc) is 2.98. The van der Waals surface area contributed by atoms with Gasteiger partial charge in [0, 0.05) is 5.92 Å². The van der Waals surface area contributed by atoms with Crippen LogP contribution in [0.3, 0.4) is 0 Å². The van der Waals surface area contributed by atoms with Crippen molar-refractivity contribution >= 4 is 5.97 Å². The number of allylic oxidation sites excluding steroid dienone is 1. The lowest BCUT2D eigenvalue weighted by atomic mass is 9.89. The van der Waals surface area contributed by atoms with Crippen LogP contribution in [-0.2, 0) is 9.53 Å². The van der Waals surface area contributed by atoms with Crippen LogP contribution in [0.4, 0.5) is 0 Å². The van der Waals surface area contributed by atoms with Crippen LogP contribution in [0.1, 0.15) is 46.5 Å². The van der Waals surface area contributed by atoms with E-state index in [2.05, 4.69) is 31.7 Å². The van der Waals surface area contributed by atoms with Crippen molar-refractivity contribution < 1.29 is 9.53 Å². The van der Waals surface area contributed by atoms with Gasteiger partial charge >= 0.3 is 5.97 Å². The van der Waals surface area contributed by atoms with Crippen molar-refractivity contribution in [3.05, 3.63) is 11.6 Å². The number of carbonyl (C=O) groups excluding carboxylic acids is 1. The van der Waals surface area contributed by atoms with Crippen LogP contribution >= 0.6 is 0 Å². The predicted octanol–water partition coefficient (Wildman–Crippen LogP) is 3.25. The summed E-state index contributed by atoms with van der Waals surface area (Å²) in [4.78, 5) is 14.2. The lowest BCUT2D eigenvalue weighted by Crippen LogP contribution is -2.35. The summed E-state index contributed by atoms with van der Waals surface area (Å²) in [5.41, 5.74) is 1.89. The predicted molar refractivity (Wildman–Crippen MR) is 83.9 cm³/mol. The van der Waals surface area contributed by atoms with Gasteiger partial charge in [0.05, 0.1) is 13.2 Å². The second-order valence-electron chi connectivity index (χ2n) is 7.82. The van der Waals surface area contributed by atoms with E-state index in [1.165, 1.54) is 31.3 Å². The Balaban J connectivity index is 1.44. The molecule has 1 saturated heterocycles. The van der Waals surface area contributed by atoms with Gasteiger partial charge in [0.1, 0.15) is 0 Å². The molecule has 3 rings (SSSR count). The van der Waals surface area contributed by atoms with Crippen molar-refractivity contribution in [1.29, 1.82) is 0 Å². The first-order chi connectivity index (χ1) is 9.98. The van der Waals surface area contributed by atoms with E-state index in [1.807, 2.05) is 0 Å². The zero-order chi connectivity index (χ0) is 15.0. The molecule has 0 bridgehead atoms. The average molecular weight is 291 g/mol. The summed E-state index contributed by atoms with van der Waals surface area (Å²) in [6, 6.07) is 0. The molecule has 0 aromatic rings. The zero-order valence-corrected chi connectivity index (χ0v) is 13.7. The van der Waals surface area contributed by atoms with Crippen molar-refractivity contribution in [3.63, 3.8) is 0 Å². The summed E-state index contributed by atoms with van der Waals surface area (Å²) < 4.78 is 5.57. The minimum Gasteiger partial charge on any atom is -0.464 e. The molecule has 1 heterocycles. The Morgan fingerprint density at radius 3 is 2.76 bits per heavy atom. The molecule has 118 valence electrons. The van der Waals surface area contributed by atoms with E-state index in [4.69, 9.17) is 4.74 Å². The van der Waals surface area contributed by atoms with E-state index in [0.717, 1.165) is 24.9 Å². The lowest BCUT2D eigenvalue weighted by molar-refractivity contribution is -0.146. The summed E-state index contributed by atoms with van der Waals surface area (Å²) in [5.74, 6) is 1.96. The maximum Gasteiger partial charge on any atom is 0.320 e. The Hall–Kier alpha value is -0.830. The SMILES string of the molecule is CC1=C[C@H]2[C@H](C[C@@H]1COC(=O)CN1CCCCC1)C2(C)C. The van der Waals surface area contributed by atoms with E-state index >= 15 is 0 Å². The molecule has 3 nitrogen and oxygen atoms in total. The molecular formula is C18H29NO2. The summed E-state index contributed by atoms with van der Waals surface area (Å²) >= 11 is 0. The summed E-state index contributed by atoms with van der Waals surface area (Å²) in [5, 5.41) is 0. The molecule has 3 aliphatic rings. The van der Waals surface area contributed by atoms with Gasteiger partial charge in [0.2, 0.25) is 0 Å². The van der Waals surface area contributed by atoms with Crippen LogP contribution in [0.25, 0.3) is 0 Å². The van der Waals surface area contributed by atoms with Crippen molar-refractivity contribution in [2.45, 2.75) is 46.5 Å². The first-order valence-electron chi connectivity index (χ1n) is 8.55. The van der Waals surface area contributed by atoms with Gasteiger partial charge in [0.15, 0.2) is 0 Å². The number of hydrogen-bond acceptors (Lipinski definition) is 3. The van der Waals surface area contributed by atoms with Gasteiger partial charge in [-0.2, -0.15) is 0 Å². The Morgan fingerprint density at radius 1 is 1.33 bits per heavy atom. The molecule has 0 aromatic heterocycles. The molecule has 0 aromatic carbocycles. The fourth-order valence-electron chi connectivity index (χ4n) is 4.22. The number of rotatable bonds is 4. The normalized spacial score (nSPS) is 34.8. The Kier molecular flexibility index (Phi) is 4.13. The third-order valence-corrected chi connectivity index (χ3v) is 6.01. The fraction of sp³-hybridized carbons (Fsp3) is 0.833. The molecule has 0 radical (unpaired) electrons. The molecule has 1 saturated carbocycles. The van der Waals surface area contributed by atoms with Gasteiger partial charge in [-0.3, -0.25) is 9.69 Å². The number of piperidine rings is 1. The monoisotopic (exact) mass is 291 g/mol. The topological polar surface area (TPSA) is 29.5 Å². The quantitative estimate of drug-likeness (QED) is 0.588. The van der Waals surface area contributed by atoms with Crippen LogP contribution in [-0.4, -0.2) is 37.1 Å². The molecule has 21 heavy (non-hydrogen) atoms. The third-order valence-electron chi connectivity index (χ3n) is 6.01. The van der Waals surface area contributed by atoms with Crippen molar-refractivity contribution in [3.8, 4) is 0 Å². The molecule has 0 N–H and O–H groups in total. The lowest BCUT2D eigenvalue weighted by Gasteiger charge is -2.26. The molecule has 3 atom stereocenters. The molecule has 1 aliphatic heterocycles. The van der Waals surface area contributed by atoms with Gasteiger partial charge in [0.25, 0.3) is 0 Å². The van der Waals surface area contributed by atoms with Crippen LogP contribution < -0.4 is 0 Å². The molecule has 0 unspecified atom stereocenters. The standard InChI is InChI=1S/C18H29NO2/c1-13-9-15-16(18(15,2)3)10-14(13)12-21-17(20)11-19-7-5-4-6-8-19/h9,14-16H,4-8,10-12H2,1-3H3/t14-,15+,16+/m1/s1. The highest BCUT2D eigenvalue weighted by Crippen LogP contribution is 2.64. The molecule has 3 heteroatoms. The zero-order valence-electron chi connectivity index (χ0n) is 13.7. The number of ether oxygens (including phenoxy) is 1. The van der Waals surface area contributed by atoms with E-state index in [9.17, 15) is 4.79 Å². The maximum absolute atomic E-state index is 12.0. The number of nitrogens with zero attached hydrogens (tertiary/aromatic N) is 1. The van der Waals surface area contributed by atoms with E-state index in [-0.39, 0.29) is 5.97 Å². The molecule has 0 spiro atoms. The number of hydrogen-bond donors (Lipinski definition) is 0. The highest BCUT2D eigenvalue weighted by molar-refractivity contribution is 5.71. The number of esters is 1. The number of carbonyl (C=O) groups is 1. The summed E-state index contributed by atoms with van der Waals surface area (Å²) in [6.07, 6.45) is 7.36. The Bertz CT molecular complexity index is 434. The maximum atomic E-state index is 12.0. The highest BCUT2D eigenvalue weighted by atomic mass is 16.5. The summed E-state index contributed by atoms with van der Waals surface area (Å²) in [6.45, 7) is 10.1. The van der Waals surface area contributed by atoms with Crippen LogP contribution in [0.2, 0.25) is 0 Å². The first-order valence-corrected chi connectivity index (χ1v) is 8.55. The van der Waals surface area contributed by atoms with Crippen LogP contribution in [0.15, 0.2) is 11.6 Å². The Labute approximate surface area is 128 Å². The van der Waals surface area contributed by atoms with Crippen molar-refractivity contribution in [2.75, 3.05) is 26.2 Å². The minimum absolute atomic E-state index is 0.0399. The van der Waals surface area contributed by atoms with Crippen LogP contribution in [0, 0.1) is 23.2 Å². The molecule has 2 fully saturated rings. The Morgan fingerprint density at radius 2 is 2.05 bits per heavy atom. The molecule has 0 amide bonds. The van der Waals surface area contributed by atoms with Crippen LogP contribution in [0.5, 0.6) is 0 Å². The van der Waals surface area contributed by atoms with E-state index in [1.54, 1.807) is 0 Å². The molecule has 2 aliphatic carbocycles. The smallest absolute Gasteiger partial charge is 0.320 e. The highest BCUT2D eigenvalue weighted by Gasteiger charge is 2.58. The van der Waals surface area contributed by atoms with Gasteiger partial charge in [-0.25, -0.2) is 0 Å². The largest absolute Gasteiger partial charge is 0.464 e. The molecular weight excluding hydrogens is 262 g/mol. The van der Waals surface area contributed by atoms with E-state index < -0.39 is 0 Å². The second-order valence-corrected chi connectivity index (χ2v) is 7.82. The second kappa shape index (κ2) is 5.75. The third kappa shape index (κ3) is 3.18. The van der Waals surface area contributed by atoms with Gasteiger partial charge < -0.3 is 4.74 Å². The van der Waals surface area contributed by atoms with Gasteiger partial charge in [-0.1, -0.05) is 31.9 Å². The summed E-state index contributed by atoms with van der Waals surface area (Å²) in [7, 11) is 0.